The summed E-state index contributed by atoms with van der Waals surface area (Å²) in [5.41, 5.74) is -0.0417. The topological polar surface area (TPSA) is 58.2 Å². The van der Waals surface area contributed by atoms with Crippen LogP contribution in [0.25, 0.3) is 0 Å². The van der Waals surface area contributed by atoms with Crippen molar-refractivity contribution in [2.24, 2.45) is 11.8 Å². The highest BCUT2D eigenvalue weighted by Crippen LogP contribution is 2.25. The number of carbonyl (C=O) groups is 2. The molecule has 0 heterocycles. The molecular weight excluding hydrogens is 283 g/mol. The number of benzene rings is 1. The van der Waals surface area contributed by atoms with Gasteiger partial charge >= 0.3 is 0 Å². The van der Waals surface area contributed by atoms with E-state index in [1.54, 1.807) is 6.07 Å². The molecule has 1 aliphatic carbocycles. The van der Waals surface area contributed by atoms with E-state index < -0.39 is 17.8 Å². The molecule has 0 aromatic heterocycles. The van der Waals surface area contributed by atoms with Crippen molar-refractivity contribution in [1.29, 1.82) is 0 Å². The van der Waals surface area contributed by atoms with E-state index in [1.807, 2.05) is 13.8 Å². The Morgan fingerprint density at radius 3 is 2.50 bits per heavy atom. The third kappa shape index (κ3) is 4.06. The molecular formula is C17H23FN2O2. The fourth-order valence-corrected chi connectivity index (χ4v) is 2.45. The summed E-state index contributed by atoms with van der Waals surface area (Å²) in [5, 5.41) is 5.53. The summed E-state index contributed by atoms with van der Waals surface area (Å²) in [6.07, 6.45) is 3.51. The fourth-order valence-electron chi connectivity index (χ4n) is 2.45. The second-order valence-electron chi connectivity index (χ2n) is 6.22. The van der Waals surface area contributed by atoms with Gasteiger partial charge in [0.1, 0.15) is 11.9 Å². The lowest BCUT2D eigenvalue weighted by Gasteiger charge is -2.27. The summed E-state index contributed by atoms with van der Waals surface area (Å²) < 4.78 is 13.6. The lowest BCUT2D eigenvalue weighted by atomic mass is 9.85. The Kier molecular flexibility index (Phi) is 5.52. The molecule has 0 radical (unpaired) electrons. The molecule has 0 bridgehead atoms. The van der Waals surface area contributed by atoms with Crippen molar-refractivity contribution < 1.29 is 14.0 Å². The van der Waals surface area contributed by atoms with Crippen molar-refractivity contribution >= 4 is 11.8 Å². The molecule has 5 heteroatoms. The molecule has 1 aromatic rings. The summed E-state index contributed by atoms with van der Waals surface area (Å²) in [4.78, 5) is 24.4. The minimum atomic E-state index is -0.660. The fraction of sp³-hybridized carbons (Fsp3) is 0.529. The van der Waals surface area contributed by atoms with Crippen molar-refractivity contribution in [3.63, 3.8) is 0 Å². The van der Waals surface area contributed by atoms with Gasteiger partial charge in [-0.15, -0.1) is 0 Å². The predicted octanol–water partition coefficient (Wildman–Crippen LogP) is 2.50. The van der Waals surface area contributed by atoms with Crippen LogP contribution >= 0.6 is 0 Å². The summed E-state index contributed by atoms with van der Waals surface area (Å²) in [5.74, 6) is -0.865. The summed E-state index contributed by atoms with van der Waals surface area (Å²) in [6, 6.07) is 5.10. The predicted molar refractivity (Wildman–Crippen MR) is 82.8 cm³/mol. The Morgan fingerprint density at radius 2 is 1.95 bits per heavy atom. The third-order valence-corrected chi connectivity index (χ3v) is 4.14. The molecule has 0 saturated heterocycles. The second kappa shape index (κ2) is 7.38. The Balaban J connectivity index is 1.97. The van der Waals surface area contributed by atoms with Crippen molar-refractivity contribution in [3.05, 3.63) is 35.6 Å². The first-order valence-electron chi connectivity index (χ1n) is 7.82. The number of nitrogens with one attached hydrogen (secondary N) is 2. The smallest absolute Gasteiger partial charge is 0.254 e. The van der Waals surface area contributed by atoms with Crippen LogP contribution in [0, 0.1) is 17.7 Å². The quantitative estimate of drug-likeness (QED) is 0.848. The number of halogens is 1. The number of carbonyl (C=O) groups excluding carboxylic acids is 2. The van der Waals surface area contributed by atoms with Crippen molar-refractivity contribution in [3.8, 4) is 0 Å². The lowest BCUT2D eigenvalue weighted by molar-refractivity contribution is -0.124. The summed E-state index contributed by atoms with van der Waals surface area (Å²) in [7, 11) is 0. The van der Waals surface area contributed by atoms with Crippen molar-refractivity contribution in [2.45, 2.75) is 39.2 Å². The first kappa shape index (κ1) is 16.5. The van der Waals surface area contributed by atoms with Gasteiger partial charge in [0.05, 0.1) is 5.56 Å². The zero-order chi connectivity index (χ0) is 16.1. The van der Waals surface area contributed by atoms with E-state index >= 15 is 0 Å². The maximum Gasteiger partial charge on any atom is 0.254 e. The second-order valence-corrected chi connectivity index (χ2v) is 6.22. The minimum Gasteiger partial charge on any atom is -0.354 e. The highest BCUT2D eigenvalue weighted by atomic mass is 19.1. The number of hydrogen-bond donors (Lipinski definition) is 2. The molecule has 0 aliphatic heterocycles. The maximum atomic E-state index is 13.6. The van der Waals surface area contributed by atoms with Gasteiger partial charge in [-0.1, -0.05) is 32.4 Å². The van der Waals surface area contributed by atoms with Crippen LogP contribution in [0.15, 0.2) is 24.3 Å². The first-order chi connectivity index (χ1) is 10.5. The number of hydrogen-bond acceptors (Lipinski definition) is 2. The Bertz CT molecular complexity index is 541. The molecule has 2 rings (SSSR count). The molecule has 1 aliphatic rings. The first-order valence-corrected chi connectivity index (χ1v) is 7.82. The normalized spacial score (nSPS) is 16.0. The Hall–Kier alpha value is -1.91. The van der Waals surface area contributed by atoms with Crippen molar-refractivity contribution in [2.75, 3.05) is 6.54 Å². The SMILES string of the molecule is CC(C)C(NC(=O)c1ccccc1F)C(=O)NCC1CCC1. The van der Waals surface area contributed by atoms with Crippen LogP contribution < -0.4 is 10.6 Å². The zero-order valence-corrected chi connectivity index (χ0v) is 13.1. The summed E-state index contributed by atoms with van der Waals surface area (Å²) in [6.45, 7) is 4.36. The molecule has 120 valence electrons. The maximum absolute atomic E-state index is 13.6. The van der Waals surface area contributed by atoms with Gasteiger partial charge in [-0.25, -0.2) is 4.39 Å². The van der Waals surface area contributed by atoms with E-state index in [0.717, 1.165) is 12.8 Å². The number of amides is 2. The van der Waals surface area contributed by atoms with Gasteiger partial charge in [-0.05, 0) is 36.8 Å². The van der Waals surface area contributed by atoms with Crippen LogP contribution in [0.3, 0.4) is 0 Å². The van der Waals surface area contributed by atoms with E-state index in [1.165, 1.54) is 24.6 Å². The van der Waals surface area contributed by atoms with Gasteiger partial charge in [0.25, 0.3) is 5.91 Å². The van der Waals surface area contributed by atoms with Gasteiger partial charge in [-0.3, -0.25) is 9.59 Å². The van der Waals surface area contributed by atoms with Crippen LogP contribution in [0.1, 0.15) is 43.5 Å². The Labute approximate surface area is 130 Å². The van der Waals surface area contributed by atoms with Crippen LogP contribution in [-0.4, -0.2) is 24.4 Å². The van der Waals surface area contributed by atoms with Crippen molar-refractivity contribution in [1.82, 2.24) is 10.6 Å². The standard InChI is InChI=1S/C17H23FN2O2/c1-11(2)15(17(22)19-10-12-6-5-7-12)20-16(21)13-8-3-4-9-14(13)18/h3-4,8-9,11-12,15H,5-7,10H2,1-2H3,(H,19,22)(H,20,21). The summed E-state index contributed by atoms with van der Waals surface area (Å²) >= 11 is 0. The molecule has 1 atom stereocenters. The van der Waals surface area contributed by atoms with E-state index in [-0.39, 0.29) is 17.4 Å². The molecule has 2 amide bonds. The van der Waals surface area contributed by atoms with Gasteiger partial charge < -0.3 is 10.6 Å². The zero-order valence-electron chi connectivity index (χ0n) is 13.1. The average molecular weight is 306 g/mol. The molecule has 1 aromatic carbocycles. The lowest BCUT2D eigenvalue weighted by Crippen LogP contribution is -2.51. The van der Waals surface area contributed by atoms with Crippen LogP contribution in [0.2, 0.25) is 0 Å². The van der Waals surface area contributed by atoms with Crippen LogP contribution in [-0.2, 0) is 4.79 Å². The van der Waals surface area contributed by atoms with Gasteiger partial charge in [0.2, 0.25) is 5.91 Å². The molecule has 0 spiro atoms. The van der Waals surface area contributed by atoms with E-state index in [4.69, 9.17) is 0 Å². The molecule has 2 N–H and O–H groups in total. The highest BCUT2D eigenvalue weighted by Gasteiger charge is 2.26. The van der Waals surface area contributed by atoms with E-state index in [0.29, 0.717) is 12.5 Å². The molecule has 22 heavy (non-hydrogen) atoms. The van der Waals surface area contributed by atoms with E-state index in [9.17, 15) is 14.0 Å². The highest BCUT2D eigenvalue weighted by molar-refractivity contribution is 5.97. The van der Waals surface area contributed by atoms with Crippen LogP contribution in [0.5, 0.6) is 0 Å². The monoisotopic (exact) mass is 306 g/mol. The molecule has 4 nitrogen and oxygen atoms in total. The molecule has 1 fully saturated rings. The van der Waals surface area contributed by atoms with E-state index in [2.05, 4.69) is 10.6 Å². The molecule has 1 unspecified atom stereocenters. The van der Waals surface area contributed by atoms with Gasteiger partial charge in [-0.2, -0.15) is 0 Å². The van der Waals surface area contributed by atoms with Gasteiger partial charge in [0, 0.05) is 6.54 Å². The molecule has 1 saturated carbocycles. The Morgan fingerprint density at radius 1 is 1.27 bits per heavy atom. The average Bonchev–Trinajstić information content (AvgIpc) is 2.42. The van der Waals surface area contributed by atoms with Crippen LogP contribution in [0.4, 0.5) is 4.39 Å². The van der Waals surface area contributed by atoms with Gasteiger partial charge in [0.15, 0.2) is 0 Å². The third-order valence-electron chi connectivity index (χ3n) is 4.14. The largest absolute Gasteiger partial charge is 0.354 e. The number of rotatable bonds is 6. The minimum absolute atomic E-state index is 0.0417.